The normalized spacial score (nSPS) is 10.8. The second-order valence-corrected chi connectivity index (χ2v) is 7.38. The zero-order valence-corrected chi connectivity index (χ0v) is 17.5. The maximum atomic E-state index is 12.3. The van der Waals surface area contributed by atoms with Crippen LogP contribution in [0, 0.1) is 0 Å². The number of carbonyl (C=O) groups excluding carboxylic acids is 1. The highest BCUT2D eigenvalue weighted by Crippen LogP contribution is 2.37. The molecule has 10 heteroatoms. The molecule has 0 aliphatic rings. The first-order chi connectivity index (χ1) is 12.8. The number of nitrogens with one attached hydrogen (secondary N) is 1. The molecule has 0 radical (unpaired) electrons. The average Bonchev–Trinajstić information content (AvgIpc) is 2.64. The molecule has 2 heterocycles. The number of ether oxygens (including phenoxy) is 1. The fourth-order valence-corrected chi connectivity index (χ4v) is 3.84. The second kappa shape index (κ2) is 7.65. The monoisotopic (exact) mass is 496 g/mol. The number of hydrogen-bond donors (Lipinski definition) is 1. The Hall–Kier alpha value is -2.46. The van der Waals surface area contributed by atoms with Crippen LogP contribution in [0.3, 0.4) is 0 Å². The van der Waals surface area contributed by atoms with Crippen molar-refractivity contribution in [2.24, 2.45) is 14.1 Å². The van der Waals surface area contributed by atoms with Crippen LogP contribution < -0.4 is 21.3 Å². The number of halogens is 2. The van der Waals surface area contributed by atoms with E-state index in [1.807, 2.05) is 12.1 Å². The van der Waals surface area contributed by atoms with Gasteiger partial charge in [0, 0.05) is 36.2 Å². The number of rotatable bonds is 4. The molecule has 2 aromatic heterocycles. The number of nitrogens with zero attached hydrogens (tertiary/aromatic N) is 3. The van der Waals surface area contributed by atoms with Crippen molar-refractivity contribution in [1.82, 2.24) is 14.1 Å². The molecule has 27 heavy (non-hydrogen) atoms. The Morgan fingerprint density at radius 2 is 1.93 bits per heavy atom. The van der Waals surface area contributed by atoms with Crippen molar-refractivity contribution in [3.63, 3.8) is 0 Å². The van der Waals surface area contributed by atoms with Gasteiger partial charge in [-0.15, -0.1) is 0 Å². The third-order valence-electron chi connectivity index (χ3n) is 3.89. The number of anilines is 1. The molecule has 1 amide bonds. The lowest BCUT2D eigenvalue weighted by Crippen LogP contribution is -2.38. The van der Waals surface area contributed by atoms with Gasteiger partial charge in [-0.3, -0.25) is 23.7 Å². The lowest BCUT2D eigenvalue weighted by molar-refractivity contribution is -0.118. The quantitative estimate of drug-likeness (QED) is 0.596. The van der Waals surface area contributed by atoms with E-state index in [1.54, 1.807) is 12.3 Å². The Labute approximate surface area is 170 Å². The zero-order valence-electron chi connectivity index (χ0n) is 14.3. The van der Waals surface area contributed by atoms with E-state index in [9.17, 15) is 14.4 Å². The van der Waals surface area contributed by atoms with Crippen molar-refractivity contribution in [1.29, 1.82) is 0 Å². The molecular weight excluding hydrogens is 484 g/mol. The highest BCUT2D eigenvalue weighted by molar-refractivity contribution is 9.11. The van der Waals surface area contributed by atoms with Crippen molar-refractivity contribution < 1.29 is 9.53 Å². The van der Waals surface area contributed by atoms with Gasteiger partial charge in [0.1, 0.15) is 11.3 Å². The molecule has 8 nitrogen and oxygen atoms in total. The summed E-state index contributed by atoms with van der Waals surface area (Å²) in [5.74, 6) is -0.00600. The predicted molar refractivity (Wildman–Crippen MR) is 108 cm³/mol. The minimum absolute atomic E-state index is 0.0922. The van der Waals surface area contributed by atoms with Crippen LogP contribution in [-0.4, -0.2) is 26.6 Å². The summed E-state index contributed by atoms with van der Waals surface area (Å²) in [7, 11) is 2.82. The molecule has 0 fully saturated rings. The largest absolute Gasteiger partial charge is 0.480 e. The number of carbonyl (C=O) groups is 1. The summed E-state index contributed by atoms with van der Waals surface area (Å²) >= 11 is 6.87. The van der Waals surface area contributed by atoms with Crippen LogP contribution >= 0.6 is 31.9 Å². The molecule has 140 valence electrons. The number of amides is 1. The van der Waals surface area contributed by atoms with E-state index in [0.29, 0.717) is 15.7 Å². The van der Waals surface area contributed by atoms with Crippen molar-refractivity contribution in [2.45, 2.75) is 0 Å². The van der Waals surface area contributed by atoms with Gasteiger partial charge in [-0.05, 0) is 28.1 Å². The summed E-state index contributed by atoms with van der Waals surface area (Å²) < 4.78 is 9.24. The van der Waals surface area contributed by atoms with Gasteiger partial charge < -0.3 is 10.1 Å². The zero-order chi connectivity index (χ0) is 19.7. The summed E-state index contributed by atoms with van der Waals surface area (Å²) in [6, 6.07) is 6.66. The third kappa shape index (κ3) is 3.81. The fourth-order valence-electron chi connectivity index (χ4n) is 2.45. The molecular formula is C17H14Br2N4O4. The van der Waals surface area contributed by atoms with Gasteiger partial charge in [0.05, 0.1) is 4.47 Å². The van der Waals surface area contributed by atoms with E-state index in [-0.39, 0.29) is 12.4 Å². The minimum atomic E-state index is -0.537. The summed E-state index contributed by atoms with van der Waals surface area (Å²) in [6.07, 6.45) is 1.63. The minimum Gasteiger partial charge on any atom is -0.480 e. The molecule has 0 unspecified atom stereocenters. The van der Waals surface area contributed by atoms with Crippen LogP contribution in [0.25, 0.3) is 10.9 Å². The molecule has 0 atom stereocenters. The third-order valence-corrected chi connectivity index (χ3v) is 5.14. The van der Waals surface area contributed by atoms with Gasteiger partial charge in [0.15, 0.2) is 12.4 Å². The van der Waals surface area contributed by atoms with Gasteiger partial charge in [-0.1, -0.05) is 22.0 Å². The van der Waals surface area contributed by atoms with E-state index in [1.165, 1.54) is 24.7 Å². The van der Waals surface area contributed by atoms with Gasteiger partial charge in [-0.25, -0.2) is 4.79 Å². The van der Waals surface area contributed by atoms with Gasteiger partial charge >= 0.3 is 5.69 Å². The maximum absolute atomic E-state index is 12.3. The summed E-state index contributed by atoms with van der Waals surface area (Å²) in [5.41, 5.74) is -0.461. The molecule has 1 N–H and O–H groups in total. The molecule has 0 saturated carbocycles. The first-order valence-electron chi connectivity index (χ1n) is 7.72. The van der Waals surface area contributed by atoms with Gasteiger partial charge in [0.25, 0.3) is 11.5 Å². The molecule has 1 aromatic carbocycles. The van der Waals surface area contributed by atoms with E-state index < -0.39 is 17.2 Å². The summed E-state index contributed by atoms with van der Waals surface area (Å²) in [4.78, 5) is 40.2. The fraction of sp³-hybridized carbons (Fsp3) is 0.176. The molecule has 0 spiro atoms. The van der Waals surface area contributed by atoms with Crippen LogP contribution in [0.1, 0.15) is 0 Å². The average molecular weight is 498 g/mol. The molecule has 3 rings (SSSR count). The van der Waals surface area contributed by atoms with Crippen molar-refractivity contribution in [3.8, 4) is 5.75 Å². The van der Waals surface area contributed by atoms with Gasteiger partial charge in [0.2, 0.25) is 0 Å². The molecule has 0 saturated heterocycles. The lowest BCUT2D eigenvalue weighted by atomic mass is 10.2. The standard InChI is InChI=1S/C17H14Br2N4O4/c1-22-12(7-14(25)23(2)17(22)26)21-13(24)8-27-16-11(19)6-10(18)9-4-3-5-20-15(9)16/h3-7H,8H2,1-2H3,(H,21,24). The van der Waals surface area contributed by atoms with Crippen molar-refractivity contribution in [2.75, 3.05) is 11.9 Å². The van der Waals surface area contributed by atoms with E-state index >= 15 is 0 Å². The molecule has 0 bridgehead atoms. The van der Waals surface area contributed by atoms with Crippen LogP contribution in [0.5, 0.6) is 5.75 Å². The van der Waals surface area contributed by atoms with E-state index in [0.717, 1.165) is 14.4 Å². The predicted octanol–water partition coefficient (Wildman–Crippen LogP) is 2.17. The number of pyridine rings is 1. The maximum Gasteiger partial charge on any atom is 0.332 e. The highest BCUT2D eigenvalue weighted by atomic mass is 79.9. The highest BCUT2D eigenvalue weighted by Gasteiger charge is 2.15. The van der Waals surface area contributed by atoms with Gasteiger partial charge in [-0.2, -0.15) is 0 Å². The summed E-state index contributed by atoms with van der Waals surface area (Å²) in [6.45, 7) is -0.324. The number of aromatic nitrogens is 3. The Bertz CT molecular complexity index is 1170. The molecule has 3 aromatic rings. The molecule has 0 aliphatic heterocycles. The Balaban J connectivity index is 1.83. The molecule has 0 aliphatic carbocycles. The number of benzene rings is 1. The van der Waals surface area contributed by atoms with Crippen LogP contribution in [0.2, 0.25) is 0 Å². The smallest absolute Gasteiger partial charge is 0.332 e. The second-order valence-electron chi connectivity index (χ2n) is 5.67. The van der Waals surface area contributed by atoms with E-state index in [4.69, 9.17) is 4.74 Å². The first kappa shape index (κ1) is 19.3. The lowest BCUT2D eigenvalue weighted by Gasteiger charge is -2.13. The number of fused-ring (bicyclic) bond motifs is 1. The topological polar surface area (TPSA) is 95.2 Å². The van der Waals surface area contributed by atoms with Crippen molar-refractivity contribution in [3.05, 3.63) is 60.2 Å². The Morgan fingerprint density at radius 3 is 2.67 bits per heavy atom. The number of hydrogen-bond acceptors (Lipinski definition) is 5. The Kier molecular flexibility index (Phi) is 5.47. The SMILES string of the molecule is Cn1c(NC(=O)COc2c(Br)cc(Br)c3cccnc23)cc(=O)n(C)c1=O. The van der Waals surface area contributed by atoms with Crippen LogP contribution in [-0.2, 0) is 18.9 Å². The van der Waals surface area contributed by atoms with E-state index in [2.05, 4.69) is 42.2 Å². The summed E-state index contributed by atoms with van der Waals surface area (Å²) in [5, 5.41) is 3.35. The van der Waals surface area contributed by atoms with Crippen molar-refractivity contribution >= 4 is 54.5 Å². The van der Waals surface area contributed by atoms with Crippen LogP contribution in [0.15, 0.2) is 49.0 Å². The van der Waals surface area contributed by atoms with Crippen LogP contribution in [0.4, 0.5) is 5.82 Å². The first-order valence-corrected chi connectivity index (χ1v) is 9.30. The Morgan fingerprint density at radius 1 is 1.19 bits per heavy atom.